The number of piperidine rings is 1. The summed E-state index contributed by atoms with van der Waals surface area (Å²) in [4.78, 5) is 68.7. The third kappa shape index (κ3) is 4.20. The van der Waals surface area contributed by atoms with Gasteiger partial charge in [0.25, 0.3) is 11.8 Å². The number of benzene rings is 2. The van der Waals surface area contributed by atoms with E-state index in [0.717, 1.165) is 33.0 Å². The van der Waals surface area contributed by atoms with Gasteiger partial charge in [-0.2, -0.15) is 0 Å². The quantitative estimate of drug-likeness (QED) is 0.402. The van der Waals surface area contributed by atoms with Crippen molar-refractivity contribution in [2.45, 2.75) is 44.2 Å². The zero-order valence-electron chi connectivity index (χ0n) is 21.2. The molecule has 11 nitrogen and oxygen atoms in total. The maximum absolute atomic E-state index is 13.2. The molecule has 1 saturated heterocycles. The number of carbonyl (C=O) groups is 5. The van der Waals surface area contributed by atoms with Gasteiger partial charge in [-0.1, -0.05) is 6.07 Å². The largest absolute Gasteiger partial charge is 0.494 e. The molecule has 0 bridgehead atoms. The lowest BCUT2D eigenvalue weighted by atomic mass is 9.97. The third-order valence-electron chi connectivity index (χ3n) is 7.51. The lowest BCUT2D eigenvalue weighted by Crippen LogP contribution is -2.54. The van der Waals surface area contributed by atoms with Gasteiger partial charge in [-0.05, 0) is 62.4 Å². The molecule has 6 rings (SSSR count). The van der Waals surface area contributed by atoms with Crippen LogP contribution in [0.2, 0.25) is 0 Å². The molecule has 200 valence electrons. The molecule has 3 N–H and O–H groups in total. The number of rotatable bonds is 6. The Morgan fingerprint density at radius 2 is 1.87 bits per heavy atom. The highest BCUT2D eigenvalue weighted by molar-refractivity contribution is 7.18. The first-order valence-corrected chi connectivity index (χ1v) is 13.4. The number of thiazole rings is 1. The number of nitrogens with one attached hydrogen (secondary N) is 3. The first-order valence-electron chi connectivity index (χ1n) is 12.6. The Morgan fingerprint density at radius 3 is 2.59 bits per heavy atom. The van der Waals surface area contributed by atoms with E-state index in [-0.39, 0.29) is 29.9 Å². The molecule has 3 aliphatic rings. The van der Waals surface area contributed by atoms with Gasteiger partial charge in [-0.3, -0.25) is 29.4 Å². The van der Waals surface area contributed by atoms with E-state index >= 15 is 0 Å². The molecule has 0 radical (unpaired) electrons. The first kappa shape index (κ1) is 25.0. The summed E-state index contributed by atoms with van der Waals surface area (Å²) < 4.78 is 6.41. The van der Waals surface area contributed by atoms with Gasteiger partial charge in [0.1, 0.15) is 22.3 Å². The average molecular weight is 548 g/mol. The van der Waals surface area contributed by atoms with E-state index in [1.54, 1.807) is 7.11 Å². The predicted octanol–water partition coefficient (Wildman–Crippen LogP) is 3.15. The molecule has 6 amide bonds. The Morgan fingerprint density at radius 1 is 1.10 bits per heavy atom. The van der Waals surface area contributed by atoms with Crippen LogP contribution in [0.5, 0.6) is 5.75 Å². The number of methoxy groups -OCH3 is 1. The van der Waals surface area contributed by atoms with Crippen LogP contribution in [0.1, 0.15) is 58.3 Å². The minimum Gasteiger partial charge on any atom is -0.494 e. The molecule has 2 atom stereocenters. The van der Waals surface area contributed by atoms with Gasteiger partial charge < -0.3 is 15.4 Å². The van der Waals surface area contributed by atoms with E-state index in [1.807, 2.05) is 25.1 Å². The number of aromatic nitrogens is 1. The number of para-hydroxylation sites is 1. The molecule has 2 unspecified atom stereocenters. The van der Waals surface area contributed by atoms with Crippen LogP contribution in [0.4, 0.5) is 10.5 Å². The number of carbonyl (C=O) groups excluding carboxylic acids is 5. The Hall–Kier alpha value is -4.32. The topological polar surface area (TPSA) is 147 Å². The smallest absolute Gasteiger partial charge is 0.320 e. The van der Waals surface area contributed by atoms with Gasteiger partial charge in [0.15, 0.2) is 0 Å². The van der Waals surface area contributed by atoms with E-state index in [2.05, 4.69) is 16.0 Å². The van der Waals surface area contributed by atoms with E-state index in [1.165, 1.54) is 29.5 Å². The summed E-state index contributed by atoms with van der Waals surface area (Å²) in [5.74, 6) is -1.47. The highest BCUT2D eigenvalue weighted by Gasteiger charge is 2.47. The fourth-order valence-electron chi connectivity index (χ4n) is 5.25. The van der Waals surface area contributed by atoms with Crippen LogP contribution in [-0.2, 0) is 15.1 Å². The van der Waals surface area contributed by atoms with E-state index < -0.39 is 41.2 Å². The van der Waals surface area contributed by atoms with Crippen LogP contribution in [0.25, 0.3) is 10.2 Å². The zero-order chi connectivity index (χ0) is 27.5. The summed E-state index contributed by atoms with van der Waals surface area (Å²) in [7, 11) is 1.60. The van der Waals surface area contributed by atoms with Crippen LogP contribution >= 0.6 is 11.3 Å². The Balaban J connectivity index is 1.22. The molecular weight excluding hydrogens is 522 g/mol. The second-order valence-electron chi connectivity index (χ2n) is 10.1. The first-order chi connectivity index (χ1) is 18.7. The molecule has 2 aliphatic heterocycles. The summed E-state index contributed by atoms with van der Waals surface area (Å²) in [6, 6.07) is 8.60. The second-order valence-corrected chi connectivity index (χ2v) is 11.1. The normalized spacial score (nSPS) is 20.5. The van der Waals surface area contributed by atoms with Crippen LogP contribution < -0.4 is 20.7 Å². The number of fused-ring (bicyclic) bond motifs is 2. The number of ether oxygens (including phenoxy) is 1. The standard InChI is InChI=1S/C27H25N5O6S/c1-27(13-6-7-13,25-30-21-18(38-2)4-3-5-19(21)39-25)31-26(37)28-14-8-9-15-16(12-14)24(36)32(23(15)35)17-10-11-20(33)29-22(17)34/h3-5,8-9,12-13,17H,6-7,10-11H2,1-2H3,(H2,28,31,37)(H,29,33,34). The highest BCUT2D eigenvalue weighted by atomic mass is 32.1. The monoisotopic (exact) mass is 547 g/mol. The van der Waals surface area contributed by atoms with Crippen LogP contribution in [-0.4, -0.2) is 52.7 Å². The van der Waals surface area contributed by atoms with Crippen molar-refractivity contribution in [1.82, 2.24) is 20.5 Å². The third-order valence-corrected chi connectivity index (χ3v) is 8.77. The van der Waals surface area contributed by atoms with Crippen LogP contribution in [0.3, 0.4) is 0 Å². The maximum Gasteiger partial charge on any atom is 0.320 e. The van der Waals surface area contributed by atoms with E-state index in [9.17, 15) is 24.0 Å². The van der Waals surface area contributed by atoms with Crippen LogP contribution in [0, 0.1) is 5.92 Å². The molecule has 1 aliphatic carbocycles. The van der Waals surface area contributed by atoms with Crippen molar-refractivity contribution in [3.05, 3.63) is 52.5 Å². The van der Waals surface area contributed by atoms with Crippen molar-refractivity contribution in [3.63, 3.8) is 0 Å². The lowest BCUT2D eigenvalue weighted by molar-refractivity contribution is -0.136. The predicted molar refractivity (Wildman–Crippen MR) is 142 cm³/mol. The second kappa shape index (κ2) is 9.16. The van der Waals surface area contributed by atoms with Crippen molar-refractivity contribution >= 4 is 56.9 Å². The number of nitrogens with zero attached hydrogens (tertiary/aromatic N) is 2. The van der Waals surface area contributed by atoms with Crippen molar-refractivity contribution in [1.29, 1.82) is 0 Å². The summed E-state index contributed by atoms with van der Waals surface area (Å²) in [5.41, 5.74) is 0.579. The Bertz CT molecular complexity index is 1580. The molecule has 12 heteroatoms. The van der Waals surface area contributed by atoms with Gasteiger partial charge in [0.2, 0.25) is 11.8 Å². The number of hydrogen-bond donors (Lipinski definition) is 3. The number of urea groups is 1. The summed E-state index contributed by atoms with van der Waals surface area (Å²) in [6.45, 7) is 1.96. The van der Waals surface area contributed by atoms with Gasteiger partial charge in [0, 0.05) is 12.1 Å². The lowest BCUT2D eigenvalue weighted by Gasteiger charge is -2.29. The molecule has 3 aromatic rings. The van der Waals surface area contributed by atoms with Gasteiger partial charge >= 0.3 is 6.03 Å². The molecular formula is C27H25N5O6S. The molecule has 3 heterocycles. The van der Waals surface area contributed by atoms with Crippen molar-refractivity contribution in [2.24, 2.45) is 5.92 Å². The maximum atomic E-state index is 13.2. The van der Waals surface area contributed by atoms with Gasteiger partial charge in [-0.25, -0.2) is 9.78 Å². The minimum atomic E-state index is -1.05. The van der Waals surface area contributed by atoms with Gasteiger partial charge in [0.05, 0.1) is 28.5 Å². The molecule has 1 saturated carbocycles. The highest BCUT2D eigenvalue weighted by Crippen LogP contribution is 2.48. The molecule has 2 fully saturated rings. The van der Waals surface area contributed by atoms with E-state index in [4.69, 9.17) is 9.72 Å². The zero-order valence-corrected chi connectivity index (χ0v) is 22.0. The number of amides is 6. The number of hydrogen-bond acceptors (Lipinski definition) is 8. The van der Waals surface area contributed by atoms with Crippen LogP contribution in [0.15, 0.2) is 36.4 Å². The summed E-state index contributed by atoms with van der Waals surface area (Å²) in [5, 5.41) is 8.81. The Labute approximate surface area is 226 Å². The molecule has 2 aromatic carbocycles. The van der Waals surface area contributed by atoms with Gasteiger partial charge in [-0.15, -0.1) is 11.3 Å². The SMILES string of the molecule is COc1cccc2sc(C(C)(NC(=O)Nc3ccc4c(c3)C(=O)N(C3CCC(=O)NC3=O)C4=O)C3CC3)nc12. The number of anilines is 1. The average Bonchev–Trinajstić information content (AvgIpc) is 3.63. The fraction of sp³-hybridized carbons (Fsp3) is 0.333. The van der Waals surface area contributed by atoms with Crippen molar-refractivity contribution in [2.75, 3.05) is 12.4 Å². The minimum absolute atomic E-state index is 0.0397. The van der Waals surface area contributed by atoms with E-state index in [0.29, 0.717) is 11.4 Å². The van der Waals surface area contributed by atoms with Crippen molar-refractivity contribution in [3.8, 4) is 5.75 Å². The summed E-state index contributed by atoms with van der Waals surface area (Å²) >= 11 is 1.51. The molecule has 39 heavy (non-hydrogen) atoms. The molecule has 0 spiro atoms. The Kier molecular flexibility index (Phi) is 5.87. The summed E-state index contributed by atoms with van der Waals surface area (Å²) in [6.07, 6.45) is 2.02. The number of imide groups is 2. The fourth-order valence-corrected chi connectivity index (χ4v) is 6.41. The molecule has 1 aromatic heterocycles. The van der Waals surface area contributed by atoms with Crippen molar-refractivity contribution < 1.29 is 28.7 Å².